The Morgan fingerprint density at radius 1 is 1.29 bits per heavy atom. The number of carboxylic acid groups (broad SMARTS) is 1. The van der Waals surface area contributed by atoms with Crippen LogP contribution in [0.1, 0.15) is 18.9 Å². The number of aliphatic carboxylic acids is 1. The molecule has 1 aromatic carbocycles. The molecule has 0 bridgehead atoms. The van der Waals surface area contributed by atoms with Crippen LogP contribution in [-0.2, 0) is 4.79 Å². The highest BCUT2D eigenvalue weighted by molar-refractivity contribution is 5.89. The number of benzene rings is 1. The Morgan fingerprint density at radius 2 is 1.88 bits per heavy atom. The van der Waals surface area contributed by atoms with Gasteiger partial charge in [-0.25, -0.2) is 4.79 Å². The van der Waals surface area contributed by atoms with Crippen molar-refractivity contribution in [3.8, 4) is 0 Å². The van der Waals surface area contributed by atoms with Gasteiger partial charge in [0, 0.05) is 11.7 Å². The lowest BCUT2D eigenvalue weighted by atomic mass is 10.2. The molecule has 3 N–H and O–H groups in total. The van der Waals surface area contributed by atoms with Crippen LogP contribution in [0.2, 0.25) is 0 Å². The first-order valence-corrected chi connectivity index (χ1v) is 5.33. The SMILES string of the molecule is Cc1ccc(NC(=O)NC(C)CC(=O)O)cc1. The van der Waals surface area contributed by atoms with Crippen molar-refractivity contribution in [2.24, 2.45) is 0 Å². The lowest BCUT2D eigenvalue weighted by Gasteiger charge is -2.12. The normalized spacial score (nSPS) is 11.6. The van der Waals surface area contributed by atoms with E-state index in [0.717, 1.165) is 5.56 Å². The molecule has 1 unspecified atom stereocenters. The van der Waals surface area contributed by atoms with Crippen molar-refractivity contribution in [3.63, 3.8) is 0 Å². The molecule has 0 heterocycles. The lowest BCUT2D eigenvalue weighted by molar-refractivity contribution is -0.137. The molecule has 0 aliphatic rings. The number of rotatable bonds is 4. The Morgan fingerprint density at radius 3 is 2.41 bits per heavy atom. The van der Waals surface area contributed by atoms with Crippen LogP contribution >= 0.6 is 0 Å². The summed E-state index contributed by atoms with van der Waals surface area (Å²) in [5.74, 6) is -0.937. The summed E-state index contributed by atoms with van der Waals surface area (Å²) in [6, 6.07) is 6.54. The molecular formula is C12H16N2O3. The molecule has 1 atom stereocenters. The maximum atomic E-state index is 11.5. The molecule has 2 amide bonds. The van der Waals surface area contributed by atoms with Crippen molar-refractivity contribution >= 4 is 17.7 Å². The number of carbonyl (C=O) groups is 2. The van der Waals surface area contributed by atoms with Crippen LogP contribution < -0.4 is 10.6 Å². The van der Waals surface area contributed by atoms with Crippen molar-refractivity contribution < 1.29 is 14.7 Å². The Kier molecular flexibility index (Phi) is 4.51. The van der Waals surface area contributed by atoms with E-state index in [2.05, 4.69) is 10.6 Å². The molecule has 1 aromatic rings. The fourth-order valence-electron chi connectivity index (χ4n) is 1.34. The molecule has 5 heteroatoms. The average molecular weight is 236 g/mol. The van der Waals surface area contributed by atoms with Crippen LogP contribution in [-0.4, -0.2) is 23.1 Å². The molecule has 0 saturated carbocycles. The zero-order valence-corrected chi connectivity index (χ0v) is 9.86. The Labute approximate surface area is 99.8 Å². The standard InChI is InChI=1S/C12H16N2O3/c1-8-3-5-10(6-4-8)14-12(17)13-9(2)7-11(15)16/h3-6,9H,7H2,1-2H3,(H,15,16)(H2,13,14,17). The number of hydrogen-bond donors (Lipinski definition) is 3. The van der Waals surface area contributed by atoms with Crippen molar-refractivity contribution in [3.05, 3.63) is 29.8 Å². The number of carbonyl (C=O) groups excluding carboxylic acids is 1. The summed E-state index contributed by atoms with van der Waals surface area (Å²) in [6.07, 6.45) is -0.0959. The van der Waals surface area contributed by atoms with Crippen LogP contribution in [0.3, 0.4) is 0 Å². The smallest absolute Gasteiger partial charge is 0.319 e. The van der Waals surface area contributed by atoms with Gasteiger partial charge in [-0.15, -0.1) is 0 Å². The van der Waals surface area contributed by atoms with E-state index in [1.807, 2.05) is 19.1 Å². The van der Waals surface area contributed by atoms with E-state index in [0.29, 0.717) is 5.69 Å². The van der Waals surface area contributed by atoms with E-state index in [-0.39, 0.29) is 6.42 Å². The lowest BCUT2D eigenvalue weighted by Crippen LogP contribution is -2.37. The highest BCUT2D eigenvalue weighted by atomic mass is 16.4. The second-order valence-electron chi connectivity index (χ2n) is 3.96. The molecule has 5 nitrogen and oxygen atoms in total. The number of aryl methyl sites for hydroxylation is 1. The summed E-state index contributed by atoms with van der Waals surface area (Å²) in [7, 11) is 0. The topological polar surface area (TPSA) is 78.4 Å². The molecular weight excluding hydrogens is 220 g/mol. The molecule has 0 aliphatic heterocycles. The average Bonchev–Trinajstić information content (AvgIpc) is 2.19. The quantitative estimate of drug-likeness (QED) is 0.748. The first kappa shape index (κ1) is 13.0. The number of anilines is 1. The molecule has 0 radical (unpaired) electrons. The molecule has 92 valence electrons. The third kappa shape index (κ3) is 5.01. The zero-order valence-electron chi connectivity index (χ0n) is 9.86. The third-order valence-electron chi connectivity index (χ3n) is 2.17. The fraction of sp³-hybridized carbons (Fsp3) is 0.333. The zero-order chi connectivity index (χ0) is 12.8. The van der Waals surface area contributed by atoms with E-state index < -0.39 is 18.0 Å². The van der Waals surface area contributed by atoms with Gasteiger partial charge in [0.05, 0.1) is 6.42 Å². The van der Waals surface area contributed by atoms with Gasteiger partial charge in [-0.05, 0) is 26.0 Å². The number of hydrogen-bond acceptors (Lipinski definition) is 2. The van der Waals surface area contributed by atoms with Gasteiger partial charge in [-0.3, -0.25) is 4.79 Å². The fourth-order valence-corrected chi connectivity index (χ4v) is 1.34. The first-order valence-electron chi connectivity index (χ1n) is 5.33. The summed E-state index contributed by atoms with van der Waals surface area (Å²) < 4.78 is 0. The van der Waals surface area contributed by atoms with E-state index >= 15 is 0 Å². The van der Waals surface area contributed by atoms with Crippen LogP contribution in [0.25, 0.3) is 0 Å². The monoisotopic (exact) mass is 236 g/mol. The molecule has 0 spiro atoms. The van der Waals surface area contributed by atoms with Gasteiger partial charge in [0.2, 0.25) is 0 Å². The van der Waals surface area contributed by atoms with Gasteiger partial charge in [-0.2, -0.15) is 0 Å². The summed E-state index contributed by atoms with van der Waals surface area (Å²) in [5, 5.41) is 13.7. The van der Waals surface area contributed by atoms with Gasteiger partial charge in [0.1, 0.15) is 0 Å². The number of nitrogens with one attached hydrogen (secondary N) is 2. The predicted molar refractivity (Wildman–Crippen MR) is 65.0 cm³/mol. The van der Waals surface area contributed by atoms with Gasteiger partial charge in [0.15, 0.2) is 0 Å². The van der Waals surface area contributed by atoms with E-state index in [1.165, 1.54) is 0 Å². The molecule has 17 heavy (non-hydrogen) atoms. The molecule has 0 saturated heterocycles. The number of urea groups is 1. The highest BCUT2D eigenvalue weighted by Crippen LogP contribution is 2.08. The molecule has 0 aliphatic carbocycles. The van der Waals surface area contributed by atoms with Crippen molar-refractivity contribution in [2.75, 3.05) is 5.32 Å². The number of carboxylic acids is 1. The summed E-state index contributed by atoms with van der Waals surface area (Å²) >= 11 is 0. The van der Waals surface area contributed by atoms with Gasteiger partial charge >= 0.3 is 12.0 Å². The minimum Gasteiger partial charge on any atom is -0.481 e. The van der Waals surface area contributed by atoms with Crippen LogP contribution in [0, 0.1) is 6.92 Å². The summed E-state index contributed by atoms with van der Waals surface area (Å²) in [5.41, 5.74) is 1.78. The first-order chi connectivity index (χ1) is 7.97. The molecule has 0 fully saturated rings. The minimum atomic E-state index is -0.937. The van der Waals surface area contributed by atoms with Crippen LogP contribution in [0.15, 0.2) is 24.3 Å². The summed E-state index contributed by atoms with van der Waals surface area (Å²) in [6.45, 7) is 3.60. The second kappa shape index (κ2) is 5.89. The Hall–Kier alpha value is -2.04. The maximum absolute atomic E-state index is 11.5. The Bertz CT molecular complexity index is 401. The Balaban J connectivity index is 2.44. The largest absolute Gasteiger partial charge is 0.481 e. The van der Waals surface area contributed by atoms with Gasteiger partial charge in [-0.1, -0.05) is 17.7 Å². The predicted octanol–water partition coefficient (Wildman–Crippen LogP) is 1.98. The van der Waals surface area contributed by atoms with E-state index in [9.17, 15) is 9.59 Å². The molecule has 0 aromatic heterocycles. The van der Waals surface area contributed by atoms with E-state index in [1.54, 1.807) is 19.1 Å². The van der Waals surface area contributed by atoms with Crippen LogP contribution in [0.4, 0.5) is 10.5 Å². The van der Waals surface area contributed by atoms with Crippen molar-refractivity contribution in [2.45, 2.75) is 26.3 Å². The van der Waals surface area contributed by atoms with Gasteiger partial charge < -0.3 is 15.7 Å². The van der Waals surface area contributed by atoms with E-state index in [4.69, 9.17) is 5.11 Å². The maximum Gasteiger partial charge on any atom is 0.319 e. The van der Waals surface area contributed by atoms with Crippen molar-refractivity contribution in [1.82, 2.24) is 5.32 Å². The van der Waals surface area contributed by atoms with Crippen LogP contribution in [0.5, 0.6) is 0 Å². The third-order valence-corrected chi connectivity index (χ3v) is 2.17. The minimum absolute atomic E-state index is 0.0959. The number of amides is 2. The summed E-state index contributed by atoms with van der Waals surface area (Å²) in [4.78, 5) is 21.9. The van der Waals surface area contributed by atoms with Crippen molar-refractivity contribution in [1.29, 1.82) is 0 Å². The van der Waals surface area contributed by atoms with Gasteiger partial charge in [0.25, 0.3) is 0 Å². The molecule has 1 rings (SSSR count). The second-order valence-corrected chi connectivity index (χ2v) is 3.96. The highest BCUT2D eigenvalue weighted by Gasteiger charge is 2.10.